The van der Waals surface area contributed by atoms with Gasteiger partial charge in [-0.25, -0.2) is 0 Å². The minimum Gasteiger partial charge on any atom is -0.317 e. The molecule has 2 heterocycles. The van der Waals surface area contributed by atoms with Gasteiger partial charge >= 0.3 is 0 Å². The van der Waals surface area contributed by atoms with E-state index in [0.29, 0.717) is 12.6 Å². The lowest BCUT2D eigenvalue weighted by molar-refractivity contribution is -0.147. The molecule has 0 aromatic rings. The van der Waals surface area contributed by atoms with E-state index >= 15 is 0 Å². The molecule has 2 aliphatic heterocycles. The number of carbonyl (C=O) groups is 2. The topological polar surface area (TPSA) is 61.4 Å². The summed E-state index contributed by atoms with van der Waals surface area (Å²) in [5.41, 5.74) is -0.580. The van der Waals surface area contributed by atoms with Crippen molar-refractivity contribution in [3.8, 4) is 0 Å². The number of imide groups is 1. The van der Waals surface area contributed by atoms with Gasteiger partial charge in [0.2, 0.25) is 11.8 Å². The average Bonchev–Trinajstić information content (AvgIpc) is 2.52. The quantitative estimate of drug-likeness (QED) is 0.626. The minimum atomic E-state index is -0.580. The SMILES string of the molecule is CC1(C)C(=O)NC(=O)CN1C1CCCNCC1. The van der Waals surface area contributed by atoms with Crippen LogP contribution in [0.1, 0.15) is 33.1 Å². The first-order valence-electron chi connectivity index (χ1n) is 6.33. The van der Waals surface area contributed by atoms with Gasteiger partial charge in [-0.1, -0.05) is 0 Å². The van der Waals surface area contributed by atoms with Gasteiger partial charge < -0.3 is 5.32 Å². The largest absolute Gasteiger partial charge is 0.317 e. The number of nitrogens with one attached hydrogen (secondary N) is 2. The Hall–Kier alpha value is -0.940. The highest BCUT2D eigenvalue weighted by atomic mass is 16.2. The summed E-state index contributed by atoms with van der Waals surface area (Å²) < 4.78 is 0. The van der Waals surface area contributed by atoms with Crippen LogP contribution in [0.25, 0.3) is 0 Å². The Kier molecular flexibility index (Phi) is 3.49. The van der Waals surface area contributed by atoms with Crippen molar-refractivity contribution in [2.75, 3.05) is 19.6 Å². The maximum atomic E-state index is 11.9. The smallest absolute Gasteiger partial charge is 0.246 e. The zero-order valence-electron chi connectivity index (χ0n) is 10.6. The van der Waals surface area contributed by atoms with Crippen LogP contribution < -0.4 is 10.6 Å². The molecule has 1 atom stereocenters. The van der Waals surface area contributed by atoms with Crippen molar-refractivity contribution in [2.45, 2.75) is 44.7 Å². The Labute approximate surface area is 102 Å². The molecule has 2 saturated heterocycles. The number of nitrogens with zero attached hydrogens (tertiary/aromatic N) is 1. The van der Waals surface area contributed by atoms with Crippen molar-refractivity contribution >= 4 is 11.8 Å². The number of amides is 2. The first-order valence-corrected chi connectivity index (χ1v) is 6.33. The summed E-state index contributed by atoms with van der Waals surface area (Å²) in [5, 5.41) is 5.77. The highest BCUT2D eigenvalue weighted by molar-refractivity contribution is 6.02. The lowest BCUT2D eigenvalue weighted by atomic mass is 9.93. The van der Waals surface area contributed by atoms with Crippen molar-refractivity contribution in [3.63, 3.8) is 0 Å². The Balaban J connectivity index is 2.15. The zero-order valence-corrected chi connectivity index (χ0v) is 10.6. The molecule has 0 spiro atoms. The summed E-state index contributed by atoms with van der Waals surface area (Å²) in [6.07, 6.45) is 3.16. The summed E-state index contributed by atoms with van der Waals surface area (Å²) in [7, 11) is 0. The Morgan fingerprint density at radius 2 is 2.00 bits per heavy atom. The summed E-state index contributed by atoms with van der Waals surface area (Å²) in [6.45, 7) is 6.13. The van der Waals surface area contributed by atoms with Crippen LogP contribution in [0, 0.1) is 0 Å². The maximum absolute atomic E-state index is 11.9. The number of rotatable bonds is 1. The van der Waals surface area contributed by atoms with E-state index in [1.807, 2.05) is 13.8 Å². The number of carbonyl (C=O) groups excluding carboxylic acids is 2. The second-order valence-corrected chi connectivity index (χ2v) is 5.40. The normalized spacial score (nSPS) is 30.8. The first-order chi connectivity index (χ1) is 8.01. The fraction of sp³-hybridized carbons (Fsp3) is 0.833. The lowest BCUT2D eigenvalue weighted by Crippen LogP contribution is -2.66. The fourth-order valence-electron chi connectivity index (χ4n) is 2.70. The lowest BCUT2D eigenvalue weighted by Gasteiger charge is -2.44. The van der Waals surface area contributed by atoms with Crippen molar-refractivity contribution in [1.29, 1.82) is 0 Å². The molecule has 0 saturated carbocycles. The number of hydrogen-bond acceptors (Lipinski definition) is 4. The molecular weight excluding hydrogens is 218 g/mol. The summed E-state index contributed by atoms with van der Waals surface area (Å²) in [5.74, 6) is -0.350. The van der Waals surface area contributed by atoms with Crippen molar-refractivity contribution in [1.82, 2.24) is 15.5 Å². The van der Waals surface area contributed by atoms with Crippen LogP contribution in [0.15, 0.2) is 0 Å². The van der Waals surface area contributed by atoms with Crippen LogP contribution in [-0.2, 0) is 9.59 Å². The van der Waals surface area contributed by atoms with Gasteiger partial charge in [-0.2, -0.15) is 0 Å². The number of hydrogen-bond donors (Lipinski definition) is 2. The van der Waals surface area contributed by atoms with Crippen molar-refractivity contribution in [3.05, 3.63) is 0 Å². The second kappa shape index (κ2) is 4.74. The van der Waals surface area contributed by atoms with E-state index in [4.69, 9.17) is 0 Å². The summed E-state index contributed by atoms with van der Waals surface area (Å²) in [4.78, 5) is 25.5. The van der Waals surface area contributed by atoms with Crippen LogP contribution in [-0.4, -0.2) is 47.9 Å². The molecule has 96 valence electrons. The molecule has 0 bridgehead atoms. The molecule has 0 aromatic heterocycles. The average molecular weight is 239 g/mol. The highest BCUT2D eigenvalue weighted by Crippen LogP contribution is 2.25. The second-order valence-electron chi connectivity index (χ2n) is 5.40. The Bertz CT molecular complexity index is 320. The van der Waals surface area contributed by atoms with Crippen LogP contribution in [0.2, 0.25) is 0 Å². The van der Waals surface area contributed by atoms with Gasteiger partial charge in [0.15, 0.2) is 0 Å². The molecule has 5 heteroatoms. The minimum absolute atomic E-state index is 0.175. The fourth-order valence-corrected chi connectivity index (χ4v) is 2.70. The van der Waals surface area contributed by atoms with Gasteiger partial charge in [-0.3, -0.25) is 19.8 Å². The van der Waals surface area contributed by atoms with E-state index in [9.17, 15) is 9.59 Å². The predicted octanol–water partition coefficient (Wildman–Crippen LogP) is -0.134. The van der Waals surface area contributed by atoms with Crippen LogP contribution >= 0.6 is 0 Å². The van der Waals surface area contributed by atoms with Gasteiger partial charge in [0.05, 0.1) is 12.1 Å². The van der Waals surface area contributed by atoms with Gasteiger partial charge in [-0.15, -0.1) is 0 Å². The third-order valence-corrected chi connectivity index (χ3v) is 3.83. The molecule has 17 heavy (non-hydrogen) atoms. The van der Waals surface area contributed by atoms with E-state index in [2.05, 4.69) is 15.5 Å². The standard InChI is InChI=1S/C12H21N3O2/c1-12(2)11(17)14-10(16)8-15(12)9-4-3-6-13-7-5-9/h9,13H,3-8H2,1-2H3,(H,14,16,17). The Morgan fingerprint density at radius 1 is 1.24 bits per heavy atom. The molecular formula is C12H21N3O2. The highest BCUT2D eigenvalue weighted by Gasteiger charge is 2.43. The maximum Gasteiger partial charge on any atom is 0.246 e. The molecule has 1 unspecified atom stereocenters. The zero-order chi connectivity index (χ0) is 12.5. The van der Waals surface area contributed by atoms with Gasteiger partial charge in [0.1, 0.15) is 0 Å². The first kappa shape index (κ1) is 12.5. The van der Waals surface area contributed by atoms with E-state index in [1.54, 1.807) is 0 Å². The van der Waals surface area contributed by atoms with E-state index in [0.717, 1.165) is 32.4 Å². The molecule has 0 radical (unpaired) electrons. The van der Waals surface area contributed by atoms with Crippen molar-refractivity contribution in [2.24, 2.45) is 0 Å². The summed E-state index contributed by atoms with van der Waals surface area (Å²) in [6, 6.07) is 0.329. The third kappa shape index (κ3) is 2.50. The van der Waals surface area contributed by atoms with E-state index in [-0.39, 0.29) is 11.8 Å². The van der Waals surface area contributed by atoms with Crippen molar-refractivity contribution < 1.29 is 9.59 Å². The van der Waals surface area contributed by atoms with E-state index in [1.165, 1.54) is 0 Å². The number of piperazine rings is 1. The molecule has 2 aliphatic rings. The van der Waals surface area contributed by atoms with Gasteiger partial charge in [-0.05, 0) is 46.2 Å². The van der Waals surface area contributed by atoms with Crippen LogP contribution in [0.5, 0.6) is 0 Å². The van der Waals surface area contributed by atoms with E-state index < -0.39 is 5.54 Å². The van der Waals surface area contributed by atoms with Crippen LogP contribution in [0.3, 0.4) is 0 Å². The Morgan fingerprint density at radius 3 is 2.76 bits per heavy atom. The summed E-state index contributed by atoms with van der Waals surface area (Å²) >= 11 is 0. The molecule has 0 aliphatic carbocycles. The molecule has 2 rings (SSSR count). The van der Waals surface area contributed by atoms with Gasteiger partial charge in [0.25, 0.3) is 0 Å². The third-order valence-electron chi connectivity index (χ3n) is 3.83. The molecule has 2 amide bonds. The molecule has 2 fully saturated rings. The van der Waals surface area contributed by atoms with Gasteiger partial charge in [0, 0.05) is 6.04 Å². The van der Waals surface area contributed by atoms with Crippen LogP contribution in [0.4, 0.5) is 0 Å². The predicted molar refractivity (Wildman–Crippen MR) is 64.4 cm³/mol. The molecule has 0 aromatic carbocycles. The molecule has 5 nitrogen and oxygen atoms in total. The molecule has 2 N–H and O–H groups in total. The monoisotopic (exact) mass is 239 g/mol.